The van der Waals surface area contributed by atoms with Gasteiger partial charge in [0.25, 0.3) is 10.0 Å². The number of nitrogens with one attached hydrogen (secondary N) is 2. The van der Waals surface area contributed by atoms with Crippen LogP contribution in [0.2, 0.25) is 0 Å². The monoisotopic (exact) mass is 308 g/mol. The van der Waals surface area contributed by atoms with Crippen LogP contribution in [-0.4, -0.2) is 14.5 Å². The lowest BCUT2D eigenvalue weighted by Gasteiger charge is -2.08. The second-order valence-corrected chi connectivity index (χ2v) is 6.79. The Balaban J connectivity index is 2.15. The Morgan fingerprint density at radius 1 is 1.14 bits per heavy atom. The highest BCUT2D eigenvalue weighted by Gasteiger charge is 2.19. The molecule has 1 aromatic heterocycles. The number of para-hydroxylation sites is 1. The molecular formula is C15H20N2O3S. The zero-order valence-electron chi connectivity index (χ0n) is 12.4. The number of rotatable bonds is 6. The zero-order chi connectivity index (χ0) is 15.5. The molecule has 0 unspecified atom stereocenters. The lowest BCUT2D eigenvalue weighted by molar-refractivity contribution is 0.396. The van der Waals surface area contributed by atoms with Crippen molar-refractivity contribution in [1.29, 1.82) is 0 Å². The van der Waals surface area contributed by atoms with Crippen LogP contribution in [0.3, 0.4) is 0 Å². The maximum Gasteiger partial charge on any atom is 0.295 e. The fourth-order valence-electron chi connectivity index (χ4n) is 1.78. The van der Waals surface area contributed by atoms with Crippen molar-refractivity contribution in [3.63, 3.8) is 0 Å². The van der Waals surface area contributed by atoms with Gasteiger partial charge in [-0.25, -0.2) is 0 Å². The molecule has 0 bridgehead atoms. The molecule has 0 aliphatic carbocycles. The second kappa shape index (κ2) is 6.32. The fraction of sp³-hybridized carbons (Fsp3) is 0.333. The fourth-order valence-corrected chi connectivity index (χ4v) is 2.87. The molecule has 1 aromatic carbocycles. The van der Waals surface area contributed by atoms with Crippen molar-refractivity contribution in [3.8, 4) is 0 Å². The third kappa shape index (κ3) is 4.09. The summed E-state index contributed by atoms with van der Waals surface area (Å²) < 4.78 is 32.5. The molecule has 6 heteroatoms. The quantitative estimate of drug-likeness (QED) is 0.861. The molecule has 0 spiro atoms. The summed E-state index contributed by atoms with van der Waals surface area (Å²) in [5.41, 5.74) is 1.41. The van der Waals surface area contributed by atoms with Gasteiger partial charge >= 0.3 is 0 Å². The van der Waals surface area contributed by atoms with Gasteiger partial charge in [0.2, 0.25) is 5.09 Å². The molecular weight excluding hydrogens is 288 g/mol. The number of sulfonamides is 1. The summed E-state index contributed by atoms with van der Waals surface area (Å²) >= 11 is 0. The van der Waals surface area contributed by atoms with E-state index < -0.39 is 10.0 Å². The maximum atomic E-state index is 12.3. The van der Waals surface area contributed by atoms with Gasteiger partial charge in [-0.05, 0) is 30.7 Å². The first-order chi connectivity index (χ1) is 9.88. The average molecular weight is 308 g/mol. The Labute approximate surface area is 125 Å². The maximum absolute atomic E-state index is 12.3. The van der Waals surface area contributed by atoms with Crippen LogP contribution in [0.15, 0.2) is 45.9 Å². The summed E-state index contributed by atoms with van der Waals surface area (Å²) in [5.74, 6) is 0.592. The predicted molar refractivity (Wildman–Crippen MR) is 82.7 cm³/mol. The predicted octanol–water partition coefficient (Wildman–Crippen LogP) is 2.89. The number of benzene rings is 1. The Hall–Kier alpha value is -1.79. The van der Waals surface area contributed by atoms with Gasteiger partial charge < -0.3 is 9.73 Å². The number of hydrogen-bond acceptors (Lipinski definition) is 4. The summed E-state index contributed by atoms with van der Waals surface area (Å²) in [5, 5.41) is 3.10. The lowest BCUT2D eigenvalue weighted by atomic mass is 10.2. The molecule has 0 aliphatic heterocycles. The molecule has 0 amide bonds. The molecule has 21 heavy (non-hydrogen) atoms. The van der Waals surface area contributed by atoms with E-state index in [0.29, 0.717) is 24.0 Å². The van der Waals surface area contributed by atoms with Crippen LogP contribution < -0.4 is 10.0 Å². The second-order valence-electron chi connectivity index (χ2n) is 5.18. The largest absolute Gasteiger partial charge is 0.446 e. The highest BCUT2D eigenvalue weighted by atomic mass is 32.2. The van der Waals surface area contributed by atoms with E-state index in [-0.39, 0.29) is 5.09 Å². The Morgan fingerprint density at radius 3 is 2.52 bits per heavy atom. The van der Waals surface area contributed by atoms with Crippen LogP contribution in [0, 0.1) is 6.92 Å². The van der Waals surface area contributed by atoms with Gasteiger partial charge in [-0.2, -0.15) is 8.42 Å². The van der Waals surface area contributed by atoms with Gasteiger partial charge in [0, 0.05) is 6.04 Å². The molecule has 0 radical (unpaired) electrons. The topological polar surface area (TPSA) is 71.3 Å². The third-order valence-corrected chi connectivity index (χ3v) is 4.21. The van der Waals surface area contributed by atoms with E-state index >= 15 is 0 Å². The Morgan fingerprint density at radius 2 is 1.86 bits per heavy atom. The van der Waals surface area contributed by atoms with Crippen molar-refractivity contribution in [3.05, 3.63) is 47.7 Å². The van der Waals surface area contributed by atoms with E-state index in [4.69, 9.17) is 4.42 Å². The van der Waals surface area contributed by atoms with E-state index in [1.54, 1.807) is 18.2 Å². The van der Waals surface area contributed by atoms with Crippen molar-refractivity contribution in [2.45, 2.75) is 38.5 Å². The molecule has 0 saturated carbocycles. The molecule has 1 heterocycles. The molecule has 2 rings (SSSR count). The highest BCUT2D eigenvalue weighted by molar-refractivity contribution is 7.92. The summed E-state index contributed by atoms with van der Waals surface area (Å²) in [4.78, 5) is 0. The first kappa shape index (κ1) is 15.6. The minimum atomic E-state index is -3.70. The van der Waals surface area contributed by atoms with Crippen LogP contribution in [0.25, 0.3) is 0 Å². The molecule has 0 fully saturated rings. The van der Waals surface area contributed by atoms with Crippen molar-refractivity contribution < 1.29 is 12.8 Å². The van der Waals surface area contributed by atoms with E-state index in [0.717, 1.165) is 5.56 Å². The van der Waals surface area contributed by atoms with Crippen molar-refractivity contribution in [2.75, 3.05) is 4.72 Å². The van der Waals surface area contributed by atoms with Crippen LogP contribution >= 0.6 is 0 Å². The van der Waals surface area contributed by atoms with Crippen LogP contribution in [0.4, 0.5) is 5.69 Å². The van der Waals surface area contributed by atoms with Crippen molar-refractivity contribution in [1.82, 2.24) is 5.32 Å². The van der Waals surface area contributed by atoms with Gasteiger partial charge in [-0.3, -0.25) is 4.72 Å². The summed E-state index contributed by atoms with van der Waals surface area (Å²) in [6.07, 6.45) is 0. The summed E-state index contributed by atoms with van der Waals surface area (Å²) in [6, 6.07) is 10.6. The number of anilines is 1. The van der Waals surface area contributed by atoms with Crippen molar-refractivity contribution in [2.24, 2.45) is 0 Å². The van der Waals surface area contributed by atoms with Gasteiger partial charge in [0.15, 0.2) is 0 Å². The number of hydrogen-bond donors (Lipinski definition) is 2. The van der Waals surface area contributed by atoms with Crippen LogP contribution in [0.5, 0.6) is 0 Å². The van der Waals surface area contributed by atoms with Gasteiger partial charge in [-0.15, -0.1) is 0 Å². The summed E-state index contributed by atoms with van der Waals surface area (Å²) in [7, 11) is -3.70. The van der Waals surface area contributed by atoms with Gasteiger partial charge in [0.1, 0.15) is 5.76 Å². The molecule has 0 aliphatic rings. The average Bonchev–Trinajstić information content (AvgIpc) is 2.88. The standard InChI is InChI=1S/C15H20N2O3S/c1-11(2)16-10-13-8-9-15(20-13)21(18,19)17-14-7-5-4-6-12(14)3/h4-9,11,16-17H,10H2,1-3H3. The first-order valence-electron chi connectivity index (χ1n) is 6.79. The van der Waals surface area contributed by atoms with Gasteiger partial charge in [-0.1, -0.05) is 32.0 Å². The van der Waals surface area contributed by atoms with E-state index in [1.165, 1.54) is 6.07 Å². The first-order valence-corrected chi connectivity index (χ1v) is 8.27. The molecule has 5 nitrogen and oxygen atoms in total. The zero-order valence-corrected chi connectivity index (χ0v) is 13.2. The molecule has 114 valence electrons. The number of furan rings is 1. The normalized spacial score (nSPS) is 11.8. The van der Waals surface area contributed by atoms with E-state index in [9.17, 15) is 8.42 Å². The minimum absolute atomic E-state index is 0.0775. The molecule has 0 atom stereocenters. The molecule has 2 N–H and O–H groups in total. The smallest absolute Gasteiger partial charge is 0.295 e. The number of aryl methyl sites for hydroxylation is 1. The van der Waals surface area contributed by atoms with Crippen LogP contribution in [0.1, 0.15) is 25.2 Å². The van der Waals surface area contributed by atoms with E-state index in [2.05, 4.69) is 10.0 Å². The van der Waals surface area contributed by atoms with E-state index in [1.807, 2.05) is 32.9 Å². The Kier molecular flexibility index (Phi) is 4.69. The minimum Gasteiger partial charge on any atom is -0.446 e. The van der Waals surface area contributed by atoms with Crippen LogP contribution in [-0.2, 0) is 16.6 Å². The highest BCUT2D eigenvalue weighted by Crippen LogP contribution is 2.20. The molecule has 0 saturated heterocycles. The molecule has 2 aromatic rings. The van der Waals surface area contributed by atoms with Crippen molar-refractivity contribution >= 4 is 15.7 Å². The summed E-state index contributed by atoms with van der Waals surface area (Å²) in [6.45, 7) is 6.37. The Bertz CT molecular complexity index is 705. The third-order valence-electron chi connectivity index (χ3n) is 2.98. The lowest BCUT2D eigenvalue weighted by Crippen LogP contribution is -2.21. The SMILES string of the molecule is Cc1ccccc1NS(=O)(=O)c1ccc(CNC(C)C)o1. The van der Waals surface area contributed by atoms with Gasteiger partial charge in [0.05, 0.1) is 12.2 Å².